The Bertz CT molecular complexity index is 1860. The molecule has 2 aromatic heterocycles. The van der Waals surface area contributed by atoms with E-state index in [-0.39, 0.29) is 16.8 Å². The van der Waals surface area contributed by atoms with Crippen LogP contribution >= 0.6 is 11.3 Å². The van der Waals surface area contributed by atoms with Crippen molar-refractivity contribution in [1.82, 2.24) is 15.0 Å². The van der Waals surface area contributed by atoms with Crippen LogP contribution in [0, 0.1) is 11.6 Å². The average molecular weight is 593 g/mol. The first kappa shape index (κ1) is 27.8. The predicted octanol–water partition coefficient (Wildman–Crippen LogP) is 5.67. The van der Waals surface area contributed by atoms with Gasteiger partial charge in [0, 0.05) is 29.4 Å². The number of hydrogen-bond acceptors (Lipinski definition) is 9. The molecule has 0 aliphatic carbocycles. The zero-order valence-corrected chi connectivity index (χ0v) is 23.1. The maximum absolute atomic E-state index is 14.1. The first-order valence-corrected chi connectivity index (χ1v) is 14.9. The molecule has 0 saturated carbocycles. The fourth-order valence-electron chi connectivity index (χ4n) is 4.07. The number of nitrogens with one attached hydrogen (secondary N) is 2. The van der Waals surface area contributed by atoms with Crippen molar-refractivity contribution in [3.63, 3.8) is 0 Å². The van der Waals surface area contributed by atoms with Crippen molar-refractivity contribution in [2.24, 2.45) is 0 Å². The Morgan fingerprint density at radius 1 is 0.976 bits per heavy atom. The van der Waals surface area contributed by atoms with Crippen molar-refractivity contribution < 1.29 is 22.0 Å². The van der Waals surface area contributed by atoms with Gasteiger partial charge in [0.1, 0.15) is 17.2 Å². The molecule has 0 bridgehead atoms. The van der Waals surface area contributed by atoms with Gasteiger partial charge < -0.3 is 16.4 Å². The number of carbonyl (C=O) groups excluding carboxylic acids is 1. The molecule has 5 rings (SSSR count). The smallest absolute Gasteiger partial charge is 0.261 e. The maximum Gasteiger partial charge on any atom is 0.261 e. The number of para-hydroxylation sites is 1. The standard InChI is InChI=1S/C28H22F2N6O3S2/c1-41(38,39)15-17-6-2-3-11-21(17)34-28-32-13-12-22(35-28)25-24(36-27(31)40-25)16-7-4-8-18(14-16)33-26(37)23-19(29)9-5-10-20(23)30/h2-14H,15H2,1H3,(H2,31,36)(H,33,37)(H,32,34,35). The van der Waals surface area contributed by atoms with Crippen LogP contribution in [-0.4, -0.2) is 35.5 Å². The largest absolute Gasteiger partial charge is 0.375 e. The van der Waals surface area contributed by atoms with Gasteiger partial charge in [-0.3, -0.25) is 4.79 Å². The molecule has 0 fully saturated rings. The molecule has 0 saturated heterocycles. The van der Waals surface area contributed by atoms with Crippen LogP contribution in [0.4, 0.5) is 31.2 Å². The van der Waals surface area contributed by atoms with Gasteiger partial charge in [-0.2, -0.15) is 0 Å². The van der Waals surface area contributed by atoms with E-state index >= 15 is 0 Å². The van der Waals surface area contributed by atoms with Crippen LogP contribution in [0.25, 0.3) is 21.8 Å². The van der Waals surface area contributed by atoms with Gasteiger partial charge in [0.25, 0.3) is 5.91 Å². The molecule has 4 N–H and O–H groups in total. The summed E-state index contributed by atoms with van der Waals surface area (Å²) in [6.45, 7) is 0. The summed E-state index contributed by atoms with van der Waals surface area (Å²) >= 11 is 1.19. The SMILES string of the molecule is CS(=O)(=O)Cc1ccccc1Nc1nccc(-c2sc(N)nc2-c2cccc(NC(=O)c3c(F)cccc3F)c2)n1. The third-order valence-electron chi connectivity index (χ3n) is 5.80. The average Bonchev–Trinajstić information content (AvgIpc) is 3.31. The molecule has 0 atom stereocenters. The number of nitrogen functional groups attached to an aromatic ring is 1. The van der Waals surface area contributed by atoms with Gasteiger partial charge in [0.05, 0.1) is 22.0 Å². The van der Waals surface area contributed by atoms with Crippen molar-refractivity contribution >= 4 is 49.5 Å². The zero-order chi connectivity index (χ0) is 29.1. The molecule has 5 aromatic rings. The molecule has 208 valence electrons. The number of aromatic nitrogens is 3. The number of anilines is 4. The minimum atomic E-state index is -3.27. The second kappa shape index (κ2) is 11.4. The Morgan fingerprint density at radius 2 is 1.71 bits per heavy atom. The van der Waals surface area contributed by atoms with Crippen LogP contribution < -0.4 is 16.4 Å². The van der Waals surface area contributed by atoms with Crippen LogP contribution in [0.1, 0.15) is 15.9 Å². The van der Waals surface area contributed by atoms with E-state index in [4.69, 9.17) is 5.73 Å². The van der Waals surface area contributed by atoms with E-state index in [9.17, 15) is 22.0 Å². The minimum absolute atomic E-state index is 0.151. The molecule has 0 unspecified atom stereocenters. The monoisotopic (exact) mass is 592 g/mol. The molecule has 3 aromatic carbocycles. The lowest BCUT2D eigenvalue weighted by molar-refractivity contribution is 0.101. The van der Waals surface area contributed by atoms with Gasteiger partial charge in [0.2, 0.25) is 5.95 Å². The van der Waals surface area contributed by atoms with E-state index < -0.39 is 32.9 Å². The summed E-state index contributed by atoms with van der Waals surface area (Å²) in [6, 6.07) is 18.4. The summed E-state index contributed by atoms with van der Waals surface area (Å²) in [5, 5.41) is 5.87. The summed E-state index contributed by atoms with van der Waals surface area (Å²) < 4.78 is 51.9. The molecule has 0 spiro atoms. The lowest BCUT2D eigenvalue weighted by Gasteiger charge is -2.11. The van der Waals surface area contributed by atoms with E-state index in [1.807, 2.05) is 0 Å². The Labute approximate surface area is 238 Å². The number of nitrogens with two attached hydrogens (primary N) is 1. The lowest BCUT2D eigenvalue weighted by Crippen LogP contribution is -2.15. The fraction of sp³-hybridized carbons (Fsp3) is 0.0714. The number of hydrogen-bond donors (Lipinski definition) is 3. The Hall–Kier alpha value is -4.75. The lowest BCUT2D eigenvalue weighted by atomic mass is 10.1. The molecule has 0 radical (unpaired) electrons. The van der Waals surface area contributed by atoms with E-state index in [2.05, 4.69) is 25.6 Å². The third kappa shape index (κ3) is 6.53. The second-order valence-electron chi connectivity index (χ2n) is 8.98. The zero-order valence-electron chi connectivity index (χ0n) is 21.4. The predicted molar refractivity (Wildman–Crippen MR) is 156 cm³/mol. The molecule has 13 heteroatoms. The van der Waals surface area contributed by atoms with Gasteiger partial charge in [-0.25, -0.2) is 32.2 Å². The van der Waals surface area contributed by atoms with Gasteiger partial charge in [-0.05, 0) is 42.0 Å². The number of amides is 1. The molecule has 2 heterocycles. The summed E-state index contributed by atoms with van der Waals surface area (Å²) in [6.07, 6.45) is 2.71. The second-order valence-corrected chi connectivity index (χ2v) is 12.1. The molecular formula is C28H22F2N6O3S2. The van der Waals surface area contributed by atoms with Crippen LogP contribution in [0.2, 0.25) is 0 Å². The number of halogens is 2. The van der Waals surface area contributed by atoms with Gasteiger partial charge in [0.15, 0.2) is 15.0 Å². The molecule has 41 heavy (non-hydrogen) atoms. The first-order chi connectivity index (χ1) is 19.6. The normalized spacial score (nSPS) is 11.3. The van der Waals surface area contributed by atoms with E-state index in [1.165, 1.54) is 17.4 Å². The van der Waals surface area contributed by atoms with Crippen molar-refractivity contribution in [3.8, 4) is 21.8 Å². The van der Waals surface area contributed by atoms with Crippen molar-refractivity contribution in [3.05, 3.63) is 102 Å². The number of thiazole rings is 1. The third-order valence-corrected chi connectivity index (χ3v) is 7.54. The van der Waals surface area contributed by atoms with Crippen molar-refractivity contribution in [2.45, 2.75) is 5.75 Å². The Balaban J connectivity index is 1.44. The topological polar surface area (TPSA) is 140 Å². The number of nitrogens with zero attached hydrogens (tertiary/aromatic N) is 3. The Kier molecular flexibility index (Phi) is 7.72. The molecule has 0 aliphatic rings. The van der Waals surface area contributed by atoms with E-state index in [0.29, 0.717) is 38.8 Å². The van der Waals surface area contributed by atoms with Gasteiger partial charge in [-0.15, -0.1) is 0 Å². The maximum atomic E-state index is 14.1. The molecule has 1 amide bonds. The minimum Gasteiger partial charge on any atom is -0.375 e. The molecular weight excluding hydrogens is 570 g/mol. The van der Waals surface area contributed by atoms with Crippen LogP contribution in [0.5, 0.6) is 0 Å². The van der Waals surface area contributed by atoms with E-state index in [0.717, 1.165) is 18.4 Å². The highest BCUT2D eigenvalue weighted by atomic mass is 32.2. The van der Waals surface area contributed by atoms with Gasteiger partial charge >= 0.3 is 0 Å². The first-order valence-electron chi connectivity index (χ1n) is 12.1. The quantitative estimate of drug-likeness (QED) is 0.209. The highest BCUT2D eigenvalue weighted by Gasteiger charge is 2.19. The Morgan fingerprint density at radius 3 is 2.46 bits per heavy atom. The summed E-state index contributed by atoms with van der Waals surface area (Å²) in [5.41, 5.74) is 8.33. The van der Waals surface area contributed by atoms with Crippen LogP contribution in [0.3, 0.4) is 0 Å². The molecule has 0 aliphatic heterocycles. The number of rotatable bonds is 8. The number of sulfone groups is 1. The van der Waals surface area contributed by atoms with Crippen LogP contribution in [-0.2, 0) is 15.6 Å². The number of carbonyl (C=O) groups is 1. The van der Waals surface area contributed by atoms with Crippen molar-refractivity contribution in [2.75, 3.05) is 22.6 Å². The van der Waals surface area contributed by atoms with Gasteiger partial charge in [-0.1, -0.05) is 47.7 Å². The number of benzene rings is 3. The highest BCUT2D eigenvalue weighted by molar-refractivity contribution is 7.89. The van der Waals surface area contributed by atoms with Crippen LogP contribution in [0.15, 0.2) is 79.0 Å². The summed E-state index contributed by atoms with van der Waals surface area (Å²) in [4.78, 5) is 26.5. The van der Waals surface area contributed by atoms with Crippen molar-refractivity contribution in [1.29, 1.82) is 0 Å². The summed E-state index contributed by atoms with van der Waals surface area (Å²) in [7, 11) is -3.27. The highest BCUT2D eigenvalue weighted by Crippen LogP contribution is 2.38. The van der Waals surface area contributed by atoms with E-state index in [1.54, 1.807) is 60.8 Å². The fourth-order valence-corrected chi connectivity index (χ4v) is 5.72. The molecule has 9 nitrogen and oxygen atoms in total. The summed E-state index contributed by atoms with van der Waals surface area (Å²) in [5.74, 6) is -2.80.